The highest BCUT2D eigenvalue weighted by atomic mass is 79.9. The highest BCUT2D eigenvalue weighted by Gasteiger charge is 2.04. The summed E-state index contributed by atoms with van der Waals surface area (Å²) in [5.41, 5.74) is 4.44. The average Bonchev–Trinajstić information content (AvgIpc) is 2.27. The highest BCUT2D eigenvalue weighted by molar-refractivity contribution is 9.10. The number of hydrogen-bond acceptors (Lipinski definition) is 2. The van der Waals surface area contributed by atoms with Crippen molar-refractivity contribution in [2.75, 3.05) is 0 Å². The van der Waals surface area contributed by atoms with Gasteiger partial charge in [0.05, 0.1) is 5.69 Å². The first kappa shape index (κ1) is 13.2. The highest BCUT2D eigenvalue weighted by Crippen LogP contribution is 2.20. The van der Waals surface area contributed by atoms with Crippen molar-refractivity contribution in [3.05, 3.63) is 46.3 Å². The van der Waals surface area contributed by atoms with Crippen LogP contribution >= 0.6 is 15.9 Å². The maximum absolute atomic E-state index is 4.40. The molecule has 0 amide bonds. The molecule has 0 spiro atoms. The van der Waals surface area contributed by atoms with Crippen molar-refractivity contribution in [3.8, 4) is 11.3 Å². The van der Waals surface area contributed by atoms with Gasteiger partial charge in [-0.05, 0) is 46.8 Å². The quantitative estimate of drug-likeness (QED) is 0.785. The Morgan fingerprint density at radius 3 is 2.33 bits per heavy atom. The zero-order chi connectivity index (χ0) is 13.1. The summed E-state index contributed by atoms with van der Waals surface area (Å²) < 4.78 is 0.642. The van der Waals surface area contributed by atoms with Gasteiger partial charge in [-0.1, -0.05) is 38.1 Å². The zero-order valence-corrected chi connectivity index (χ0v) is 12.5. The number of nitrogens with zero attached hydrogens (tertiary/aromatic N) is 2. The summed E-state index contributed by atoms with van der Waals surface area (Å²) in [7, 11) is 0. The number of rotatable bonds is 3. The van der Waals surface area contributed by atoms with E-state index in [0.717, 1.165) is 23.4 Å². The Kier molecular flexibility index (Phi) is 4.12. The molecule has 18 heavy (non-hydrogen) atoms. The molecule has 0 unspecified atom stereocenters. The predicted molar refractivity (Wildman–Crippen MR) is 78.4 cm³/mol. The molecular weight excluding hydrogens is 288 g/mol. The van der Waals surface area contributed by atoms with Crippen LogP contribution in [-0.2, 0) is 6.42 Å². The normalized spacial score (nSPS) is 10.9. The molecule has 0 aliphatic heterocycles. The van der Waals surface area contributed by atoms with E-state index in [1.54, 1.807) is 0 Å². The van der Waals surface area contributed by atoms with Crippen molar-refractivity contribution in [2.45, 2.75) is 27.2 Å². The fourth-order valence-electron chi connectivity index (χ4n) is 1.96. The largest absolute Gasteiger partial charge is 0.227 e. The van der Waals surface area contributed by atoms with E-state index in [-0.39, 0.29) is 0 Å². The summed E-state index contributed by atoms with van der Waals surface area (Å²) in [6, 6.07) is 10.6. The molecule has 0 aliphatic rings. The van der Waals surface area contributed by atoms with Gasteiger partial charge < -0.3 is 0 Å². The number of hydrogen-bond donors (Lipinski definition) is 0. The maximum Gasteiger partial charge on any atom is 0.197 e. The molecular formula is C15H17BrN2. The number of benzene rings is 1. The summed E-state index contributed by atoms with van der Waals surface area (Å²) in [4.78, 5) is 8.62. The van der Waals surface area contributed by atoms with Crippen molar-refractivity contribution < 1.29 is 0 Å². The molecule has 2 aromatic rings. The van der Waals surface area contributed by atoms with Crippen LogP contribution in [0.15, 0.2) is 35.1 Å². The van der Waals surface area contributed by atoms with Crippen LogP contribution in [0.1, 0.15) is 25.1 Å². The zero-order valence-electron chi connectivity index (χ0n) is 10.9. The van der Waals surface area contributed by atoms with Crippen molar-refractivity contribution >= 4 is 15.9 Å². The van der Waals surface area contributed by atoms with E-state index in [1.807, 2.05) is 13.0 Å². The van der Waals surface area contributed by atoms with E-state index in [0.29, 0.717) is 10.7 Å². The van der Waals surface area contributed by atoms with E-state index in [1.165, 1.54) is 5.56 Å². The van der Waals surface area contributed by atoms with Crippen LogP contribution in [0.2, 0.25) is 0 Å². The van der Waals surface area contributed by atoms with Crippen LogP contribution in [0.25, 0.3) is 11.3 Å². The lowest BCUT2D eigenvalue weighted by Crippen LogP contribution is -1.94. The van der Waals surface area contributed by atoms with E-state index >= 15 is 0 Å². The average molecular weight is 305 g/mol. The SMILES string of the molecule is Cc1cc(-c2ccc(CC(C)C)cc2)nc(Br)n1. The van der Waals surface area contributed by atoms with E-state index in [2.05, 4.69) is 64.0 Å². The maximum atomic E-state index is 4.40. The second-order valence-electron chi connectivity index (χ2n) is 4.96. The predicted octanol–water partition coefficient (Wildman–Crippen LogP) is 4.41. The van der Waals surface area contributed by atoms with Gasteiger partial charge in [0, 0.05) is 11.3 Å². The molecule has 2 rings (SSSR count). The Bertz CT molecular complexity index is 512. The Labute approximate surface area is 117 Å². The second kappa shape index (κ2) is 5.61. The Hall–Kier alpha value is -1.22. The third-order valence-electron chi connectivity index (χ3n) is 2.72. The van der Waals surface area contributed by atoms with Crippen LogP contribution in [0.5, 0.6) is 0 Å². The second-order valence-corrected chi connectivity index (χ2v) is 5.67. The first-order chi connectivity index (χ1) is 8.54. The lowest BCUT2D eigenvalue weighted by molar-refractivity contribution is 0.647. The van der Waals surface area contributed by atoms with Gasteiger partial charge in [0.1, 0.15) is 0 Å². The molecule has 0 radical (unpaired) electrons. The number of aromatic nitrogens is 2. The van der Waals surface area contributed by atoms with Gasteiger partial charge in [0.15, 0.2) is 4.73 Å². The van der Waals surface area contributed by atoms with Gasteiger partial charge >= 0.3 is 0 Å². The molecule has 0 bridgehead atoms. The van der Waals surface area contributed by atoms with Crippen LogP contribution in [0.4, 0.5) is 0 Å². The number of halogens is 1. The number of aryl methyl sites for hydroxylation is 1. The summed E-state index contributed by atoms with van der Waals surface area (Å²) in [6.07, 6.45) is 1.12. The van der Waals surface area contributed by atoms with Gasteiger partial charge in [-0.25, -0.2) is 9.97 Å². The van der Waals surface area contributed by atoms with Crippen LogP contribution in [0, 0.1) is 12.8 Å². The fraction of sp³-hybridized carbons (Fsp3) is 0.333. The fourth-order valence-corrected chi connectivity index (χ4v) is 2.43. The molecule has 0 N–H and O–H groups in total. The van der Waals surface area contributed by atoms with Gasteiger partial charge in [-0.2, -0.15) is 0 Å². The Balaban J connectivity index is 2.28. The monoisotopic (exact) mass is 304 g/mol. The molecule has 0 atom stereocenters. The van der Waals surface area contributed by atoms with Gasteiger partial charge in [-0.15, -0.1) is 0 Å². The van der Waals surface area contributed by atoms with Gasteiger partial charge in [-0.3, -0.25) is 0 Å². The molecule has 1 aromatic heterocycles. The van der Waals surface area contributed by atoms with Crippen LogP contribution < -0.4 is 0 Å². The molecule has 1 heterocycles. The van der Waals surface area contributed by atoms with Crippen molar-refractivity contribution in [1.82, 2.24) is 9.97 Å². The summed E-state index contributed by atoms with van der Waals surface area (Å²) in [6.45, 7) is 6.45. The minimum Gasteiger partial charge on any atom is -0.227 e. The lowest BCUT2D eigenvalue weighted by atomic mass is 10.0. The van der Waals surface area contributed by atoms with Crippen molar-refractivity contribution in [1.29, 1.82) is 0 Å². The molecule has 0 saturated carbocycles. The topological polar surface area (TPSA) is 25.8 Å². The summed E-state index contributed by atoms with van der Waals surface area (Å²) in [5.74, 6) is 0.686. The molecule has 0 saturated heterocycles. The first-order valence-electron chi connectivity index (χ1n) is 6.15. The van der Waals surface area contributed by atoms with Gasteiger partial charge in [0.25, 0.3) is 0 Å². The van der Waals surface area contributed by atoms with Crippen molar-refractivity contribution in [3.63, 3.8) is 0 Å². The molecule has 94 valence electrons. The smallest absolute Gasteiger partial charge is 0.197 e. The summed E-state index contributed by atoms with van der Waals surface area (Å²) >= 11 is 3.34. The molecule has 0 aliphatic carbocycles. The molecule has 0 fully saturated rings. The lowest BCUT2D eigenvalue weighted by Gasteiger charge is -2.07. The minimum absolute atomic E-state index is 0.642. The van der Waals surface area contributed by atoms with E-state index < -0.39 is 0 Å². The van der Waals surface area contributed by atoms with Crippen LogP contribution in [-0.4, -0.2) is 9.97 Å². The summed E-state index contributed by atoms with van der Waals surface area (Å²) in [5, 5.41) is 0. The van der Waals surface area contributed by atoms with E-state index in [4.69, 9.17) is 0 Å². The first-order valence-corrected chi connectivity index (χ1v) is 6.94. The van der Waals surface area contributed by atoms with Gasteiger partial charge in [0.2, 0.25) is 0 Å². The van der Waals surface area contributed by atoms with E-state index in [9.17, 15) is 0 Å². The standard InChI is InChI=1S/C15H17BrN2/c1-10(2)8-12-4-6-13(7-5-12)14-9-11(3)17-15(16)18-14/h4-7,9-10H,8H2,1-3H3. The Morgan fingerprint density at radius 2 is 1.78 bits per heavy atom. The third-order valence-corrected chi connectivity index (χ3v) is 3.08. The van der Waals surface area contributed by atoms with Crippen molar-refractivity contribution in [2.24, 2.45) is 5.92 Å². The minimum atomic E-state index is 0.642. The molecule has 1 aromatic carbocycles. The third kappa shape index (κ3) is 3.39. The molecule has 3 heteroatoms. The molecule has 2 nitrogen and oxygen atoms in total. The van der Waals surface area contributed by atoms with Crippen LogP contribution in [0.3, 0.4) is 0 Å². The Morgan fingerprint density at radius 1 is 1.11 bits per heavy atom.